The lowest BCUT2D eigenvalue weighted by atomic mass is 9.70. The van der Waals surface area contributed by atoms with E-state index in [0.29, 0.717) is 0 Å². The number of nitrogens with zero attached hydrogens (tertiary/aromatic N) is 2. The molecule has 4 atom stereocenters. The Morgan fingerprint density at radius 1 is 0.706 bits per heavy atom. The normalized spacial score (nSPS) is 47.3. The van der Waals surface area contributed by atoms with Crippen LogP contribution in [0.1, 0.15) is 51.4 Å². The molecule has 3 aliphatic heterocycles. The Morgan fingerprint density at radius 2 is 1.59 bits per heavy atom. The Kier molecular flexibility index (Phi) is 2.69. The van der Waals surface area contributed by atoms with Crippen molar-refractivity contribution in [3.8, 4) is 0 Å². The van der Waals surface area contributed by atoms with E-state index in [0.717, 1.165) is 24.0 Å². The molecule has 1 aliphatic carbocycles. The van der Waals surface area contributed by atoms with Crippen LogP contribution in [0.4, 0.5) is 0 Å². The second-order valence-corrected chi connectivity index (χ2v) is 6.79. The fourth-order valence-electron chi connectivity index (χ4n) is 5.32. The quantitative estimate of drug-likeness (QED) is 0.636. The van der Waals surface area contributed by atoms with E-state index in [4.69, 9.17) is 0 Å². The summed E-state index contributed by atoms with van der Waals surface area (Å²) in [5.74, 6) is 2.08. The van der Waals surface area contributed by atoms with Crippen LogP contribution in [0.25, 0.3) is 0 Å². The van der Waals surface area contributed by atoms with Crippen LogP contribution in [0.2, 0.25) is 0 Å². The minimum absolute atomic E-state index is 0.839. The van der Waals surface area contributed by atoms with Crippen molar-refractivity contribution in [2.75, 3.05) is 19.6 Å². The number of piperidine rings is 2. The monoisotopic (exact) mass is 234 g/mol. The van der Waals surface area contributed by atoms with E-state index in [1.807, 2.05) is 0 Å². The van der Waals surface area contributed by atoms with Crippen molar-refractivity contribution in [3.05, 3.63) is 0 Å². The van der Waals surface area contributed by atoms with Crippen LogP contribution in [0.3, 0.4) is 0 Å². The van der Waals surface area contributed by atoms with E-state index in [1.54, 1.807) is 0 Å². The first-order valence-corrected chi connectivity index (χ1v) is 7.93. The number of rotatable bonds is 0. The van der Waals surface area contributed by atoms with Gasteiger partial charge >= 0.3 is 0 Å². The van der Waals surface area contributed by atoms with Gasteiger partial charge in [0.15, 0.2) is 0 Å². The van der Waals surface area contributed by atoms with Crippen molar-refractivity contribution in [2.24, 2.45) is 11.8 Å². The maximum atomic E-state index is 2.95. The third kappa shape index (κ3) is 1.67. The van der Waals surface area contributed by atoms with E-state index >= 15 is 0 Å². The van der Waals surface area contributed by atoms with Crippen LogP contribution in [0, 0.1) is 11.8 Å². The molecule has 96 valence electrons. The zero-order valence-corrected chi connectivity index (χ0v) is 11.0. The van der Waals surface area contributed by atoms with Gasteiger partial charge in [-0.25, -0.2) is 0 Å². The minimum atomic E-state index is 0.839. The molecule has 0 N–H and O–H groups in total. The first kappa shape index (κ1) is 10.8. The highest BCUT2D eigenvalue weighted by Gasteiger charge is 2.47. The highest BCUT2D eigenvalue weighted by atomic mass is 15.4. The summed E-state index contributed by atoms with van der Waals surface area (Å²) in [6, 6.07) is 0.983. The van der Waals surface area contributed by atoms with Gasteiger partial charge in [-0.2, -0.15) is 0 Å². The van der Waals surface area contributed by atoms with Crippen LogP contribution >= 0.6 is 0 Å². The molecule has 17 heavy (non-hydrogen) atoms. The Bertz CT molecular complexity index is 289. The molecule has 0 radical (unpaired) electrons. The molecule has 2 heteroatoms. The van der Waals surface area contributed by atoms with Crippen molar-refractivity contribution in [1.82, 2.24) is 9.80 Å². The summed E-state index contributed by atoms with van der Waals surface area (Å²) in [4.78, 5) is 5.78. The van der Waals surface area contributed by atoms with Gasteiger partial charge < -0.3 is 0 Å². The zero-order valence-electron chi connectivity index (χ0n) is 11.0. The van der Waals surface area contributed by atoms with Crippen molar-refractivity contribution in [3.63, 3.8) is 0 Å². The molecule has 0 aromatic heterocycles. The predicted molar refractivity (Wildman–Crippen MR) is 69.8 cm³/mol. The second kappa shape index (κ2) is 4.24. The Balaban J connectivity index is 1.63. The topological polar surface area (TPSA) is 6.48 Å². The molecule has 0 bridgehead atoms. The molecule has 4 aliphatic rings. The molecule has 3 saturated heterocycles. The van der Waals surface area contributed by atoms with Crippen LogP contribution in [-0.2, 0) is 0 Å². The van der Waals surface area contributed by atoms with Crippen LogP contribution in [0.5, 0.6) is 0 Å². The predicted octanol–water partition coefficient (Wildman–Crippen LogP) is 2.69. The Morgan fingerprint density at radius 3 is 2.59 bits per heavy atom. The van der Waals surface area contributed by atoms with Crippen molar-refractivity contribution >= 4 is 0 Å². The van der Waals surface area contributed by atoms with E-state index in [1.165, 1.54) is 71.0 Å². The summed E-state index contributed by atoms with van der Waals surface area (Å²) < 4.78 is 0. The van der Waals surface area contributed by atoms with Crippen LogP contribution < -0.4 is 0 Å². The van der Waals surface area contributed by atoms with Gasteiger partial charge in [-0.1, -0.05) is 6.42 Å². The third-order valence-corrected chi connectivity index (χ3v) is 5.92. The summed E-state index contributed by atoms with van der Waals surface area (Å²) >= 11 is 0. The molecule has 3 unspecified atom stereocenters. The maximum absolute atomic E-state index is 2.95. The van der Waals surface area contributed by atoms with Crippen molar-refractivity contribution in [2.45, 2.75) is 63.6 Å². The second-order valence-electron chi connectivity index (χ2n) is 6.79. The largest absolute Gasteiger partial charge is 0.288 e. The first-order valence-electron chi connectivity index (χ1n) is 7.93. The smallest absolute Gasteiger partial charge is 0.0625 e. The summed E-state index contributed by atoms with van der Waals surface area (Å²) in [5, 5.41) is 0. The van der Waals surface area contributed by atoms with Gasteiger partial charge in [0.25, 0.3) is 0 Å². The Hall–Kier alpha value is -0.0800. The molecule has 0 aromatic rings. The molecule has 0 amide bonds. The van der Waals surface area contributed by atoms with E-state index in [2.05, 4.69) is 9.80 Å². The summed E-state index contributed by atoms with van der Waals surface area (Å²) in [5.41, 5.74) is 0. The van der Waals surface area contributed by atoms with E-state index < -0.39 is 0 Å². The fourth-order valence-corrected chi connectivity index (χ4v) is 5.32. The molecule has 1 saturated carbocycles. The standard InChI is InChI=1S/C15H26N2/c1-2-9-16-11-13-6-3-5-12-7-4-10-17(15(12)13)14(16)8-1/h12-15H,1-11H2/t12?,13?,14?,15-/m0/s1. The average Bonchev–Trinajstić information content (AvgIpc) is 2.39. The number of hydrogen-bond acceptors (Lipinski definition) is 2. The summed E-state index contributed by atoms with van der Waals surface area (Å²) in [6.07, 6.45) is 12.8. The lowest BCUT2D eigenvalue weighted by Gasteiger charge is -2.59. The van der Waals surface area contributed by atoms with Gasteiger partial charge in [0.1, 0.15) is 0 Å². The number of fused-ring (bicyclic) bond motifs is 2. The summed E-state index contributed by atoms with van der Waals surface area (Å²) in [7, 11) is 0. The summed E-state index contributed by atoms with van der Waals surface area (Å²) in [6.45, 7) is 4.22. The van der Waals surface area contributed by atoms with Gasteiger partial charge in [0, 0.05) is 12.6 Å². The number of hydrogen-bond donors (Lipinski definition) is 0. The molecule has 4 rings (SSSR count). The molecule has 0 spiro atoms. The minimum Gasteiger partial charge on any atom is -0.288 e. The highest BCUT2D eigenvalue weighted by Crippen LogP contribution is 2.44. The van der Waals surface area contributed by atoms with Crippen LogP contribution in [0.15, 0.2) is 0 Å². The molecule has 2 nitrogen and oxygen atoms in total. The molecular weight excluding hydrogens is 208 g/mol. The SMILES string of the molecule is C1CC2CCCN3C4CCCCN4CC(C1)[C@H]23. The third-order valence-electron chi connectivity index (χ3n) is 5.92. The Labute approximate surface area is 105 Å². The van der Waals surface area contributed by atoms with Crippen molar-refractivity contribution < 1.29 is 0 Å². The van der Waals surface area contributed by atoms with E-state index in [9.17, 15) is 0 Å². The molecule has 0 aromatic carbocycles. The first-order chi connectivity index (χ1) is 8.43. The molecule has 3 heterocycles. The lowest BCUT2D eigenvalue weighted by Crippen LogP contribution is -2.67. The lowest BCUT2D eigenvalue weighted by molar-refractivity contribution is -0.128. The zero-order chi connectivity index (χ0) is 11.2. The van der Waals surface area contributed by atoms with Gasteiger partial charge in [-0.15, -0.1) is 0 Å². The maximum Gasteiger partial charge on any atom is 0.0625 e. The van der Waals surface area contributed by atoms with Gasteiger partial charge in [-0.05, 0) is 69.9 Å². The van der Waals surface area contributed by atoms with Gasteiger partial charge in [0.05, 0.1) is 6.17 Å². The van der Waals surface area contributed by atoms with Gasteiger partial charge in [0.2, 0.25) is 0 Å². The van der Waals surface area contributed by atoms with Gasteiger partial charge in [-0.3, -0.25) is 9.80 Å². The average molecular weight is 234 g/mol. The molecular formula is C15H26N2. The van der Waals surface area contributed by atoms with Crippen molar-refractivity contribution in [1.29, 1.82) is 0 Å². The highest BCUT2D eigenvalue weighted by molar-refractivity contribution is 5.00. The van der Waals surface area contributed by atoms with Crippen LogP contribution in [-0.4, -0.2) is 41.6 Å². The molecule has 4 fully saturated rings. The van der Waals surface area contributed by atoms with E-state index in [-0.39, 0.29) is 0 Å². The fraction of sp³-hybridized carbons (Fsp3) is 1.00.